The SMILES string of the molecule is CCCNC(=O)CN1C[C@@H](c2ccsc2)C[C@H]1C. The van der Waals surface area contributed by atoms with E-state index in [4.69, 9.17) is 0 Å². The fourth-order valence-electron chi connectivity index (χ4n) is 2.57. The van der Waals surface area contributed by atoms with Gasteiger partial charge in [-0.1, -0.05) is 6.92 Å². The summed E-state index contributed by atoms with van der Waals surface area (Å²) in [5.74, 6) is 0.764. The fraction of sp³-hybridized carbons (Fsp3) is 0.643. The van der Waals surface area contributed by atoms with Crippen molar-refractivity contribution in [3.8, 4) is 0 Å². The van der Waals surface area contributed by atoms with Crippen molar-refractivity contribution in [2.24, 2.45) is 0 Å². The number of thiophene rings is 1. The zero-order chi connectivity index (χ0) is 13.0. The van der Waals surface area contributed by atoms with Gasteiger partial charge in [-0.3, -0.25) is 9.69 Å². The summed E-state index contributed by atoms with van der Waals surface area (Å²) >= 11 is 1.76. The van der Waals surface area contributed by atoms with Crippen LogP contribution in [0.2, 0.25) is 0 Å². The molecule has 0 bridgehead atoms. The molecule has 1 amide bonds. The fourth-order valence-corrected chi connectivity index (χ4v) is 3.31. The van der Waals surface area contributed by atoms with Gasteiger partial charge in [0.15, 0.2) is 0 Å². The second kappa shape index (κ2) is 6.34. The Morgan fingerprint density at radius 1 is 1.61 bits per heavy atom. The van der Waals surface area contributed by atoms with E-state index in [1.807, 2.05) is 0 Å². The first-order valence-corrected chi connectivity index (χ1v) is 7.67. The van der Waals surface area contributed by atoms with Crippen molar-refractivity contribution >= 4 is 17.2 Å². The van der Waals surface area contributed by atoms with Gasteiger partial charge in [0.25, 0.3) is 0 Å². The summed E-state index contributed by atoms with van der Waals surface area (Å²) in [6, 6.07) is 2.71. The normalized spacial score (nSPS) is 24.3. The predicted molar refractivity (Wildman–Crippen MR) is 76.0 cm³/mol. The molecular weight excluding hydrogens is 244 g/mol. The van der Waals surface area contributed by atoms with Crippen LogP contribution >= 0.6 is 11.3 Å². The number of nitrogens with zero attached hydrogens (tertiary/aromatic N) is 1. The molecule has 3 nitrogen and oxygen atoms in total. The first-order valence-electron chi connectivity index (χ1n) is 6.73. The van der Waals surface area contributed by atoms with E-state index in [0.717, 1.165) is 25.9 Å². The Bertz CT molecular complexity index is 377. The molecule has 1 aromatic heterocycles. The van der Waals surface area contributed by atoms with Crippen LogP contribution < -0.4 is 5.32 Å². The number of amides is 1. The molecule has 0 aliphatic carbocycles. The summed E-state index contributed by atoms with van der Waals surface area (Å²) in [4.78, 5) is 14.0. The Hall–Kier alpha value is -0.870. The number of rotatable bonds is 5. The molecule has 4 heteroatoms. The molecule has 1 fully saturated rings. The molecule has 1 N–H and O–H groups in total. The van der Waals surface area contributed by atoms with E-state index in [1.54, 1.807) is 11.3 Å². The summed E-state index contributed by atoms with van der Waals surface area (Å²) in [5.41, 5.74) is 1.43. The number of nitrogens with one attached hydrogen (secondary N) is 1. The smallest absolute Gasteiger partial charge is 0.234 e. The van der Waals surface area contributed by atoms with Crippen LogP contribution in [0.15, 0.2) is 16.8 Å². The molecule has 1 aliphatic heterocycles. The average Bonchev–Trinajstić information content (AvgIpc) is 2.97. The van der Waals surface area contributed by atoms with Crippen LogP contribution in [-0.2, 0) is 4.79 Å². The molecule has 0 radical (unpaired) electrons. The minimum Gasteiger partial charge on any atom is -0.355 e. The highest BCUT2D eigenvalue weighted by atomic mass is 32.1. The van der Waals surface area contributed by atoms with Gasteiger partial charge < -0.3 is 5.32 Å². The molecule has 0 saturated carbocycles. The highest BCUT2D eigenvalue weighted by molar-refractivity contribution is 7.07. The number of carbonyl (C=O) groups excluding carboxylic acids is 1. The largest absolute Gasteiger partial charge is 0.355 e. The van der Waals surface area contributed by atoms with Gasteiger partial charge in [0.2, 0.25) is 5.91 Å². The summed E-state index contributed by atoms with van der Waals surface area (Å²) in [6.07, 6.45) is 2.16. The van der Waals surface area contributed by atoms with E-state index >= 15 is 0 Å². The van der Waals surface area contributed by atoms with E-state index in [1.165, 1.54) is 5.56 Å². The highest BCUT2D eigenvalue weighted by Gasteiger charge is 2.31. The highest BCUT2D eigenvalue weighted by Crippen LogP contribution is 2.32. The van der Waals surface area contributed by atoms with E-state index in [9.17, 15) is 4.79 Å². The molecule has 2 heterocycles. The Kier molecular flexibility index (Phi) is 4.78. The number of likely N-dealkylation sites (tertiary alicyclic amines) is 1. The van der Waals surface area contributed by atoms with Crippen LogP contribution in [0.25, 0.3) is 0 Å². The first-order chi connectivity index (χ1) is 8.70. The number of hydrogen-bond acceptors (Lipinski definition) is 3. The molecule has 1 saturated heterocycles. The van der Waals surface area contributed by atoms with E-state index < -0.39 is 0 Å². The molecule has 2 atom stereocenters. The van der Waals surface area contributed by atoms with Crippen LogP contribution in [0.1, 0.15) is 38.2 Å². The minimum atomic E-state index is 0.162. The molecule has 0 aromatic carbocycles. The average molecular weight is 266 g/mol. The predicted octanol–water partition coefficient (Wildman–Crippen LogP) is 2.45. The standard InChI is InChI=1S/C14H22N2OS/c1-3-5-15-14(17)9-16-8-13(7-11(16)2)12-4-6-18-10-12/h4,6,10-11,13H,3,5,7-9H2,1-2H3,(H,15,17)/t11-,13+/m1/s1. The van der Waals surface area contributed by atoms with Gasteiger partial charge >= 0.3 is 0 Å². The quantitative estimate of drug-likeness (QED) is 0.888. The summed E-state index contributed by atoms with van der Waals surface area (Å²) < 4.78 is 0. The van der Waals surface area contributed by atoms with Crippen LogP contribution in [0.5, 0.6) is 0 Å². The number of carbonyl (C=O) groups is 1. The third-order valence-electron chi connectivity index (χ3n) is 3.64. The minimum absolute atomic E-state index is 0.162. The molecule has 1 aromatic rings. The van der Waals surface area contributed by atoms with Gasteiger partial charge in [-0.25, -0.2) is 0 Å². The molecule has 18 heavy (non-hydrogen) atoms. The van der Waals surface area contributed by atoms with Gasteiger partial charge in [-0.2, -0.15) is 11.3 Å². The van der Waals surface area contributed by atoms with Crippen molar-refractivity contribution in [3.05, 3.63) is 22.4 Å². The second-order valence-corrected chi connectivity index (χ2v) is 5.90. The number of hydrogen-bond donors (Lipinski definition) is 1. The van der Waals surface area contributed by atoms with Crippen LogP contribution in [0.4, 0.5) is 0 Å². The van der Waals surface area contributed by atoms with Crippen molar-refractivity contribution < 1.29 is 4.79 Å². The molecule has 0 spiro atoms. The molecule has 2 rings (SSSR count). The lowest BCUT2D eigenvalue weighted by Crippen LogP contribution is -2.39. The maximum atomic E-state index is 11.7. The first kappa shape index (κ1) is 13.6. The van der Waals surface area contributed by atoms with Crippen molar-refractivity contribution in [2.75, 3.05) is 19.6 Å². The van der Waals surface area contributed by atoms with Gasteiger partial charge in [-0.15, -0.1) is 0 Å². The van der Waals surface area contributed by atoms with Gasteiger partial charge in [0.05, 0.1) is 6.54 Å². The Morgan fingerprint density at radius 3 is 3.11 bits per heavy atom. The third kappa shape index (κ3) is 3.33. The van der Waals surface area contributed by atoms with Crippen LogP contribution in [0.3, 0.4) is 0 Å². The topological polar surface area (TPSA) is 32.3 Å². The Morgan fingerprint density at radius 2 is 2.44 bits per heavy atom. The lowest BCUT2D eigenvalue weighted by molar-refractivity contribution is -0.122. The summed E-state index contributed by atoms with van der Waals surface area (Å²) in [6.45, 7) is 6.64. The Balaban J connectivity index is 1.85. The lowest BCUT2D eigenvalue weighted by Gasteiger charge is -2.20. The Labute approximate surface area is 113 Å². The zero-order valence-electron chi connectivity index (χ0n) is 11.2. The van der Waals surface area contributed by atoms with Gasteiger partial charge in [0.1, 0.15) is 0 Å². The van der Waals surface area contributed by atoms with Crippen molar-refractivity contribution in [1.29, 1.82) is 0 Å². The molecular formula is C14H22N2OS. The lowest BCUT2D eigenvalue weighted by atomic mass is 10.00. The van der Waals surface area contributed by atoms with Crippen LogP contribution in [0, 0.1) is 0 Å². The van der Waals surface area contributed by atoms with E-state index in [-0.39, 0.29) is 5.91 Å². The van der Waals surface area contributed by atoms with E-state index in [0.29, 0.717) is 18.5 Å². The third-order valence-corrected chi connectivity index (χ3v) is 4.34. The maximum absolute atomic E-state index is 11.7. The van der Waals surface area contributed by atoms with Gasteiger partial charge in [0, 0.05) is 19.1 Å². The molecule has 1 aliphatic rings. The monoisotopic (exact) mass is 266 g/mol. The molecule has 100 valence electrons. The zero-order valence-corrected chi connectivity index (χ0v) is 12.0. The van der Waals surface area contributed by atoms with Crippen molar-refractivity contribution in [3.63, 3.8) is 0 Å². The second-order valence-electron chi connectivity index (χ2n) is 5.12. The van der Waals surface area contributed by atoms with E-state index in [2.05, 4.69) is 40.9 Å². The van der Waals surface area contributed by atoms with Crippen LogP contribution in [-0.4, -0.2) is 36.5 Å². The molecule has 0 unspecified atom stereocenters. The van der Waals surface area contributed by atoms with Crippen molar-refractivity contribution in [1.82, 2.24) is 10.2 Å². The van der Waals surface area contributed by atoms with Gasteiger partial charge in [-0.05, 0) is 48.1 Å². The maximum Gasteiger partial charge on any atom is 0.234 e. The summed E-state index contributed by atoms with van der Waals surface area (Å²) in [7, 11) is 0. The summed E-state index contributed by atoms with van der Waals surface area (Å²) in [5, 5.41) is 7.32. The van der Waals surface area contributed by atoms with Crippen molar-refractivity contribution in [2.45, 2.75) is 38.6 Å².